The van der Waals surface area contributed by atoms with Crippen molar-refractivity contribution in [2.75, 3.05) is 23.0 Å². The molecule has 0 spiro atoms. The van der Waals surface area contributed by atoms with Crippen LogP contribution in [-0.2, 0) is 20.3 Å². The lowest BCUT2D eigenvalue weighted by molar-refractivity contribution is -0.118. The molecule has 0 N–H and O–H groups in total. The van der Waals surface area contributed by atoms with E-state index in [9.17, 15) is 22.0 Å². The maximum Gasteiger partial charge on any atom is 0.297 e. The Bertz CT molecular complexity index is 1820. The summed E-state index contributed by atoms with van der Waals surface area (Å²) in [5.74, 6) is -2.59. The standard InChI is InChI=1S/C28H26ClF3N4O5S/c1-14-13-42(38,39)8-7-28(14,32)19-9-16(29)11-33-27(19)40-17-10-20(15(2)37)36(12-17)26-23-22(34-25(35-26)24(30)31)18-5-3-4-6-21(18)41-23/h3-6,9,11,14,17,20,24H,7-8,10,12-13H2,1-2H3/t14-,17+,20+,28+/m1/s1. The number of benzene rings is 1. The summed E-state index contributed by atoms with van der Waals surface area (Å²) in [7, 11) is -3.40. The Morgan fingerprint density at radius 2 is 2.02 bits per heavy atom. The second-order valence-electron chi connectivity index (χ2n) is 10.9. The lowest BCUT2D eigenvalue weighted by atomic mass is 9.83. The molecule has 2 fully saturated rings. The quantitative estimate of drug-likeness (QED) is 0.271. The number of rotatable bonds is 6. The van der Waals surface area contributed by atoms with Gasteiger partial charge in [-0.25, -0.2) is 36.5 Å². The predicted octanol–water partition coefficient (Wildman–Crippen LogP) is 5.60. The first kappa shape index (κ1) is 28.7. The normalized spacial score (nSPS) is 25.9. The molecule has 222 valence electrons. The van der Waals surface area contributed by atoms with E-state index in [2.05, 4.69) is 15.0 Å². The van der Waals surface area contributed by atoms with Gasteiger partial charge in [-0.05, 0) is 25.1 Å². The van der Waals surface area contributed by atoms with Crippen molar-refractivity contribution in [1.82, 2.24) is 15.0 Å². The van der Waals surface area contributed by atoms with Crippen LogP contribution >= 0.6 is 11.6 Å². The molecule has 5 heterocycles. The molecule has 2 aliphatic heterocycles. The maximum atomic E-state index is 16.5. The second-order valence-corrected chi connectivity index (χ2v) is 13.5. The van der Waals surface area contributed by atoms with Crippen molar-refractivity contribution in [2.45, 2.75) is 50.9 Å². The summed E-state index contributed by atoms with van der Waals surface area (Å²) >= 11 is 6.17. The molecule has 4 aromatic rings. The molecule has 0 aliphatic carbocycles. The summed E-state index contributed by atoms with van der Waals surface area (Å²) in [4.78, 5) is 26.7. The predicted molar refractivity (Wildman–Crippen MR) is 150 cm³/mol. The van der Waals surface area contributed by atoms with E-state index in [0.717, 1.165) is 0 Å². The van der Waals surface area contributed by atoms with Crippen LogP contribution in [0.15, 0.2) is 40.9 Å². The van der Waals surface area contributed by atoms with E-state index in [1.807, 2.05) is 0 Å². The van der Waals surface area contributed by atoms with Crippen LogP contribution in [0, 0.1) is 5.92 Å². The van der Waals surface area contributed by atoms with Crippen molar-refractivity contribution in [3.05, 3.63) is 52.9 Å². The van der Waals surface area contributed by atoms with Crippen molar-refractivity contribution in [3.8, 4) is 5.88 Å². The molecular formula is C28H26ClF3N4O5S. The molecule has 14 heteroatoms. The summed E-state index contributed by atoms with van der Waals surface area (Å²) in [5, 5.41) is 0.675. The molecule has 2 aliphatic rings. The van der Waals surface area contributed by atoms with Crippen molar-refractivity contribution in [3.63, 3.8) is 0 Å². The van der Waals surface area contributed by atoms with Gasteiger partial charge in [0.1, 0.15) is 22.9 Å². The third kappa shape index (κ3) is 4.96. The van der Waals surface area contributed by atoms with Gasteiger partial charge in [0.15, 0.2) is 32.8 Å². The fraction of sp³-hybridized carbons (Fsp3) is 0.429. The fourth-order valence-electron chi connectivity index (χ4n) is 5.91. The third-order valence-electron chi connectivity index (χ3n) is 8.02. The van der Waals surface area contributed by atoms with Crippen LogP contribution < -0.4 is 9.64 Å². The zero-order valence-electron chi connectivity index (χ0n) is 22.6. The first-order valence-corrected chi connectivity index (χ1v) is 15.5. The maximum absolute atomic E-state index is 16.5. The number of anilines is 1. The lowest BCUT2D eigenvalue weighted by Crippen LogP contribution is -2.41. The first-order valence-electron chi connectivity index (χ1n) is 13.3. The van der Waals surface area contributed by atoms with Crippen LogP contribution in [0.2, 0.25) is 5.02 Å². The highest BCUT2D eigenvalue weighted by Crippen LogP contribution is 2.46. The van der Waals surface area contributed by atoms with Gasteiger partial charge >= 0.3 is 0 Å². The van der Waals surface area contributed by atoms with Crippen molar-refractivity contribution >= 4 is 55.1 Å². The summed E-state index contributed by atoms with van der Waals surface area (Å²) in [6.45, 7) is 2.90. The van der Waals surface area contributed by atoms with E-state index >= 15 is 4.39 Å². The Hall–Kier alpha value is -3.45. The van der Waals surface area contributed by atoms with E-state index in [0.29, 0.717) is 11.0 Å². The molecule has 0 radical (unpaired) electrons. The molecule has 42 heavy (non-hydrogen) atoms. The summed E-state index contributed by atoms with van der Waals surface area (Å²) in [5.41, 5.74) is -1.28. The van der Waals surface area contributed by atoms with Crippen molar-refractivity contribution in [1.29, 1.82) is 0 Å². The molecule has 9 nitrogen and oxygen atoms in total. The Morgan fingerprint density at radius 3 is 2.74 bits per heavy atom. The number of aromatic nitrogens is 3. The van der Waals surface area contributed by atoms with Gasteiger partial charge in [0.25, 0.3) is 6.43 Å². The average molecular weight is 623 g/mol. The van der Waals surface area contributed by atoms with E-state index in [1.165, 1.54) is 26.1 Å². The van der Waals surface area contributed by atoms with Gasteiger partial charge in [0.2, 0.25) is 5.88 Å². The highest BCUT2D eigenvalue weighted by atomic mass is 35.5. The van der Waals surface area contributed by atoms with Gasteiger partial charge in [-0.1, -0.05) is 30.7 Å². The number of Topliss-reactive ketones (excluding diaryl/α,β-unsaturated/α-hetero) is 1. The molecule has 1 aromatic carbocycles. The number of hydrogen-bond acceptors (Lipinski definition) is 9. The van der Waals surface area contributed by atoms with Crippen LogP contribution in [0.1, 0.15) is 44.5 Å². The van der Waals surface area contributed by atoms with E-state index < -0.39 is 45.8 Å². The number of sulfone groups is 1. The third-order valence-corrected chi connectivity index (χ3v) is 10.1. The minimum Gasteiger partial charge on any atom is -0.472 e. The molecule has 4 atom stereocenters. The Balaban J connectivity index is 1.38. The summed E-state index contributed by atoms with van der Waals surface area (Å²) in [6.07, 6.45) is -2.58. The molecule has 0 saturated carbocycles. The van der Waals surface area contributed by atoms with Gasteiger partial charge in [-0.2, -0.15) is 0 Å². The number of alkyl halides is 3. The smallest absolute Gasteiger partial charge is 0.297 e. The molecule has 2 saturated heterocycles. The Kier molecular flexibility index (Phi) is 7.08. The topological polar surface area (TPSA) is 115 Å². The average Bonchev–Trinajstić information content (AvgIpc) is 3.53. The number of carbonyl (C=O) groups is 1. The van der Waals surface area contributed by atoms with Crippen molar-refractivity contribution < 1.29 is 35.5 Å². The summed E-state index contributed by atoms with van der Waals surface area (Å²) < 4.78 is 80.8. The molecule has 3 aromatic heterocycles. The molecular weight excluding hydrogens is 597 g/mol. The minimum atomic E-state index is -3.40. The number of nitrogens with zero attached hydrogens (tertiary/aromatic N) is 4. The first-order chi connectivity index (χ1) is 19.9. The number of furan rings is 1. The Labute approximate surface area is 243 Å². The van der Waals surface area contributed by atoms with Crippen LogP contribution in [0.25, 0.3) is 22.1 Å². The zero-order chi connectivity index (χ0) is 30.0. The molecule has 0 bridgehead atoms. The SMILES string of the molecule is CC(=O)[C@@H]1C[C@H](Oc2ncc(Cl)cc2[C@]2(F)CCS(=O)(=O)C[C@H]2C)CN1c1nc(C(F)F)nc2c1oc1ccccc12. The van der Waals surface area contributed by atoms with Gasteiger partial charge < -0.3 is 14.1 Å². The van der Waals surface area contributed by atoms with E-state index in [-0.39, 0.29) is 70.1 Å². The molecule has 0 amide bonds. The van der Waals surface area contributed by atoms with Crippen molar-refractivity contribution in [2.24, 2.45) is 5.92 Å². The van der Waals surface area contributed by atoms with Gasteiger partial charge in [0, 0.05) is 30.3 Å². The summed E-state index contributed by atoms with van der Waals surface area (Å²) in [6, 6.07) is 7.41. The molecule has 6 rings (SSSR count). The van der Waals surface area contributed by atoms with Crippen LogP contribution in [-0.4, -0.2) is 59.3 Å². The fourth-order valence-corrected chi connectivity index (χ4v) is 7.87. The zero-order valence-corrected chi connectivity index (χ0v) is 24.1. The molecule has 0 unspecified atom stereocenters. The number of carbonyl (C=O) groups excluding carboxylic acids is 1. The van der Waals surface area contributed by atoms with Gasteiger partial charge in [-0.15, -0.1) is 0 Å². The monoisotopic (exact) mass is 622 g/mol. The van der Waals surface area contributed by atoms with Crippen LogP contribution in [0.5, 0.6) is 5.88 Å². The number of ketones is 1. The van der Waals surface area contributed by atoms with Gasteiger partial charge in [0.05, 0.1) is 34.7 Å². The number of halogens is 4. The van der Waals surface area contributed by atoms with Crippen LogP contribution in [0.4, 0.5) is 19.0 Å². The lowest BCUT2D eigenvalue weighted by Gasteiger charge is -2.36. The number of para-hydroxylation sites is 1. The van der Waals surface area contributed by atoms with E-state index in [4.69, 9.17) is 20.8 Å². The van der Waals surface area contributed by atoms with Crippen LogP contribution in [0.3, 0.4) is 0 Å². The number of pyridine rings is 1. The Morgan fingerprint density at radius 1 is 1.26 bits per heavy atom. The second kappa shape index (κ2) is 10.4. The number of hydrogen-bond donors (Lipinski definition) is 0. The highest BCUT2D eigenvalue weighted by Gasteiger charge is 2.48. The largest absolute Gasteiger partial charge is 0.472 e. The number of fused-ring (bicyclic) bond motifs is 3. The van der Waals surface area contributed by atoms with Gasteiger partial charge in [-0.3, -0.25) is 4.79 Å². The highest BCUT2D eigenvalue weighted by molar-refractivity contribution is 7.91. The number of ether oxygens (including phenoxy) is 1. The minimum absolute atomic E-state index is 0.0169. The van der Waals surface area contributed by atoms with E-state index in [1.54, 1.807) is 29.2 Å².